The monoisotopic (exact) mass is 557 g/mol. The minimum atomic E-state index is -4.63. The summed E-state index contributed by atoms with van der Waals surface area (Å²) in [5.41, 5.74) is 4.60. The van der Waals surface area contributed by atoms with Crippen LogP contribution in [0.25, 0.3) is 11.8 Å². The molecule has 2 heterocycles. The number of hydrogen-bond donors (Lipinski definition) is 1. The summed E-state index contributed by atoms with van der Waals surface area (Å²) >= 11 is 0.699. The van der Waals surface area contributed by atoms with Gasteiger partial charge in [0.05, 0.1) is 23.3 Å². The first-order valence-electron chi connectivity index (χ1n) is 11.9. The first-order chi connectivity index (χ1) is 18.3. The van der Waals surface area contributed by atoms with Gasteiger partial charge < -0.3 is 14.6 Å². The number of methoxy groups -OCH3 is 1. The quantitative estimate of drug-likeness (QED) is 0.354. The number of amides is 3. The summed E-state index contributed by atoms with van der Waals surface area (Å²) in [5, 5.41) is 1.66. The molecule has 0 bridgehead atoms. The lowest BCUT2D eigenvalue weighted by molar-refractivity contribution is -0.137. The van der Waals surface area contributed by atoms with Crippen molar-refractivity contribution >= 4 is 40.6 Å². The summed E-state index contributed by atoms with van der Waals surface area (Å²) in [6.45, 7) is 7.24. The normalized spacial score (nSPS) is 14.9. The number of aryl methyl sites for hydroxylation is 3. The molecule has 0 spiro atoms. The van der Waals surface area contributed by atoms with E-state index >= 15 is 0 Å². The molecule has 1 aliphatic heterocycles. The molecular weight excluding hydrogens is 531 g/mol. The smallest absolute Gasteiger partial charge is 0.416 e. The van der Waals surface area contributed by atoms with Crippen LogP contribution < -0.4 is 10.1 Å². The molecule has 1 aliphatic rings. The SMILES string of the molecule is COc1ccc(C(F)(F)F)cc1NC(=O)CN1C(=O)S/C(=C\c2cc(C)n(-c3ccc(C)cc3C)c2C)C1=O. The molecule has 3 aromatic rings. The molecule has 1 N–H and O–H groups in total. The van der Waals surface area contributed by atoms with Gasteiger partial charge in [-0.15, -0.1) is 0 Å². The fourth-order valence-electron chi connectivity index (χ4n) is 4.45. The molecule has 204 valence electrons. The molecule has 0 aliphatic carbocycles. The number of ether oxygens (including phenoxy) is 1. The van der Waals surface area contributed by atoms with Crippen molar-refractivity contribution in [3.63, 3.8) is 0 Å². The van der Waals surface area contributed by atoms with Crippen LogP contribution in [0.4, 0.5) is 23.7 Å². The maximum absolute atomic E-state index is 13.1. The van der Waals surface area contributed by atoms with Crippen LogP contribution in [0.1, 0.15) is 33.6 Å². The van der Waals surface area contributed by atoms with Gasteiger partial charge in [0.15, 0.2) is 0 Å². The largest absolute Gasteiger partial charge is 0.495 e. The minimum absolute atomic E-state index is 0.00422. The van der Waals surface area contributed by atoms with Gasteiger partial charge in [0.1, 0.15) is 12.3 Å². The number of carbonyl (C=O) groups is 3. The number of benzene rings is 2. The summed E-state index contributed by atoms with van der Waals surface area (Å²) in [4.78, 5) is 39.2. The van der Waals surface area contributed by atoms with Crippen molar-refractivity contribution < 1.29 is 32.3 Å². The molecule has 1 fully saturated rings. The van der Waals surface area contributed by atoms with E-state index in [1.165, 1.54) is 7.11 Å². The van der Waals surface area contributed by atoms with Gasteiger partial charge in [-0.1, -0.05) is 17.7 Å². The van der Waals surface area contributed by atoms with E-state index < -0.39 is 35.3 Å². The predicted molar refractivity (Wildman–Crippen MR) is 144 cm³/mol. The fourth-order valence-corrected chi connectivity index (χ4v) is 5.28. The van der Waals surface area contributed by atoms with Gasteiger partial charge in [-0.2, -0.15) is 13.2 Å². The third kappa shape index (κ3) is 5.73. The highest BCUT2D eigenvalue weighted by Gasteiger charge is 2.37. The molecule has 7 nitrogen and oxygen atoms in total. The van der Waals surface area contributed by atoms with E-state index in [0.717, 1.165) is 56.9 Å². The number of carbonyl (C=O) groups excluding carboxylic acids is 3. The van der Waals surface area contributed by atoms with Gasteiger partial charge >= 0.3 is 6.18 Å². The van der Waals surface area contributed by atoms with Gasteiger partial charge in [0.25, 0.3) is 11.1 Å². The Morgan fingerprint density at radius 1 is 1.05 bits per heavy atom. The van der Waals surface area contributed by atoms with Crippen molar-refractivity contribution in [1.82, 2.24) is 9.47 Å². The summed E-state index contributed by atoms with van der Waals surface area (Å²) < 4.78 is 46.5. The van der Waals surface area contributed by atoms with Crippen molar-refractivity contribution in [3.8, 4) is 11.4 Å². The molecular formula is C28H26F3N3O4S. The summed E-state index contributed by atoms with van der Waals surface area (Å²) in [6.07, 6.45) is -3.02. The Bertz CT molecular complexity index is 1520. The van der Waals surface area contributed by atoms with E-state index in [0.29, 0.717) is 11.8 Å². The lowest BCUT2D eigenvalue weighted by atomic mass is 10.1. The van der Waals surface area contributed by atoms with Crippen LogP contribution in [0, 0.1) is 27.7 Å². The van der Waals surface area contributed by atoms with E-state index in [2.05, 4.69) is 16.0 Å². The summed E-state index contributed by atoms with van der Waals surface area (Å²) in [7, 11) is 1.25. The Labute approximate surface area is 227 Å². The molecule has 3 amide bonds. The third-order valence-electron chi connectivity index (χ3n) is 6.33. The molecule has 4 rings (SSSR count). The molecule has 39 heavy (non-hydrogen) atoms. The van der Waals surface area contributed by atoms with Crippen molar-refractivity contribution in [2.75, 3.05) is 19.0 Å². The lowest BCUT2D eigenvalue weighted by Crippen LogP contribution is -2.36. The van der Waals surface area contributed by atoms with Crippen LogP contribution in [0.15, 0.2) is 47.4 Å². The van der Waals surface area contributed by atoms with Crippen LogP contribution in [-0.2, 0) is 15.8 Å². The van der Waals surface area contributed by atoms with Crippen molar-refractivity contribution in [1.29, 1.82) is 0 Å². The second-order valence-corrected chi connectivity index (χ2v) is 10.2. The van der Waals surface area contributed by atoms with Crippen LogP contribution in [0.3, 0.4) is 0 Å². The molecule has 1 saturated heterocycles. The molecule has 0 unspecified atom stereocenters. The van der Waals surface area contributed by atoms with Gasteiger partial charge in [-0.05, 0) is 87.0 Å². The maximum Gasteiger partial charge on any atom is 0.416 e. The number of anilines is 1. The van der Waals surface area contributed by atoms with Gasteiger partial charge in [0, 0.05) is 17.1 Å². The predicted octanol–water partition coefficient (Wildman–Crippen LogP) is 6.41. The topological polar surface area (TPSA) is 80.6 Å². The van der Waals surface area contributed by atoms with E-state index in [1.54, 1.807) is 6.08 Å². The second-order valence-electron chi connectivity index (χ2n) is 9.18. The van der Waals surface area contributed by atoms with Crippen molar-refractivity contribution in [2.45, 2.75) is 33.9 Å². The van der Waals surface area contributed by atoms with E-state index in [9.17, 15) is 27.6 Å². The lowest BCUT2D eigenvalue weighted by Gasteiger charge is -2.16. The highest BCUT2D eigenvalue weighted by atomic mass is 32.2. The number of alkyl halides is 3. The third-order valence-corrected chi connectivity index (χ3v) is 7.23. The van der Waals surface area contributed by atoms with E-state index in [1.807, 2.05) is 45.9 Å². The Balaban J connectivity index is 1.54. The first kappa shape index (κ1) is 28.0. The molecule has 0 radical (unpaired) electrons. The molecule has 2 aromatic carbocycles. The number of aromatic nitrogens is 1. The van der Waals surface area contributed by atoms with Crippen molar-refractivity contribution in [2.24, 2.45) is 0 Å². The minimum Gasteiger partial charge on any atom is -0.495 e. The number of hydrogen-bond acceptors (Lipinski definition) is 5. The van der Waals surface area contributed by atoms with Crippen molar-refractivity contribution in [3.05, 3.63) is 81.0 Å². The zero-order valence-electron chi connectivity index (χ0n) is 21.9. The Morgan fingerprint density at radius 3 is 2.41 bits per heavy atom. The fraction of sp³-hybridized carbons (Fsp3) is 0.250. The number of thioether (sulfide) groups is 1. The van der Waals surface area contributed by atoms with Crippen LogP contribution in [0.2, 0.25) is 0 Å². The number of halogens is 3. The van der Waals surface area contributed by atoms with Gasteiger partial charge in [0.2, 0.25) is 5.91 Å². The average molecular weight is 558 g/mol. The Kier molecular flexibility index (Phi) is 7.65. The first-order valence-corrected chi connectivity index (χ1v) is 12.7. The second kappa shape index (κ2) is 10.6. The van der Waals surface area contributed by atoms with Crippen LogP contribution in [0.5, 0.6) is 5.75 Å². The highest BCUT2D eigenvalue weighted by molar-refractivity contribution is 8.18. The number of nitrogens with zero attached hydrogens (tertiary/aromatic N) is 2. The van der Waals surface area contributed by atoms with Crippen LogP contribution in [-0.4, -0.2) is 40.2 Å². The number of imide groups is 1. The standard InChI is InChI=1S/C28H26F3N3O4S/c1-15-6-8-22(16(2)10-15)34-17(3)11-19(18(34)4)12-24-26(36)33(27(37)39-24)14-25(35)32-21-13-20(28(29,30)31)7-9-23(21)38-5/h6-13H,14H2,1-5H3,(H,32,35)/b24-12-. The number of rotatable bonds is 6. The van der Waals surface area contributed by atoms with E-state index in [-0.39, 0.29) is 16.3 Å². The Hall–Kier alpha value is -3.99. The zero-order chi connectivity index (χ0) is 28.6. The highest BCUT2D eigenvalue weighted by Crippen LogP contribution is 2.36. The molecule has 1 aromatic heterocycles. The van der Waals surface area contributed by atoms with Gasteiger partial charge in [-0.25, -0.2) is 0 Å². The average Bonchev–Trinajstić information content (AvgIpc) is 3.27. The maximum atomic E-state index is 13.1. The van der Waals surface area contributed by atoms with E-state index in [4.69, 9.17) is 4.74 Å². The molecule has 0 atom stereocenters. The summed E-state index contributed by atoms with van der Waals surface area (Å²) in [5.74, 6) is -1.50. The van der Waals surface area contributed by atoms with Gasteiger partial charge in [-0.3, -0.25) is 19.3 Å². The Morgan fingerprint density at radius 2 is 1.77 bits per heavy atom. The molecule has 11 heteroatoms. The summed E-state index contributed by atoms with van der Waals surface area (Å²) in [6, 6.07) is 10.7. The molecule has 0 saturated carbocycles. The van der Waals surface area contributed by atoms with Crippen LogP contribution >= 0.6 is 11.8 Å². The zero-order valence-corrected chi connectivity index (χ0v) is 22.7. The number of nitrogens with one attached hydrogen (secondary N) is 1.